The van der Waals surface area contributed by atoms with Crippen molar-refractivity contribution < 1.29 is 9.50 Å². The maximum atomic E-state index is 13.0. The highest BCUT2D eigenvalue weighted by molar-refractivity contribution is 5.23. The van der Waals surface area contributed by atoms with Crippen molar-refractivity contribution in [2.45, 2.75) is 39.3 Å². The van der Waals surface area contributed by atoms with Crippen LogP contribution in [-0.4, -0.2) is 17.8 Å². The molecule has 0 radical (unpaired) electrons. The number of nitrogens with one attached hydrogen (secondary N) is 1. The molecule has 3 heteroatoms. The Hall–Kier alpha value is -0.930. The number of halogens is 1. The van der Waals surface area contributed by atoms with Crippen molar-refractivity contribution in [2.24, 2.45) is 0 Å². The van der Waals surface area contributed by atoms with Crippen LogP contribution in [0.25, 0.3) is 0 Å². The van der Waals surface area contributed by atoms with Gasteiger partial charge in [0.25, 0.3) is 0 Å². The van der Waals surface area contributed by atoms with Crippen molar-refractivity contribution in [1.82, 2.24) is 5.32 Å². The SMILES string of the molecule is CCC(CCO)NCc1ccc(F)c(C)c1. The Morgan fingerprint density at radius 2 is 2.19 bits per heavy atom. The highest BCUT2D eigenvalue weighted by atomic mass is 19.1. The molecule has 0 aliphatic carbocycles. The Bertz CT molecular complexity index is 328. The minimum Gasteiger partial charge on any atom is -0.396 e. The van der Waals surface area contributed by atoms with E-state index in [9.17, 15) is 4.39 Å². The van der Waals surface area contributed by atoms with E-state index in [4.69, 9.17) is 5.11 Å². The molecule has 90 valence electrons. The number of aryl methyl sites for hydroxylation is 1. The smallest absolute Gasteiger partial charge is 0.126 e. The standard InChI is InChI=1S/C13H20FNO/c1-3-12(6-7-16)15-9-11-4-5-13(14)10(2)8-11/h4-5,8,12,15-16H,3,6-7,9H2,1-2H3. The van der Waals surface area contributed by atoms with E-state index in [2.05, 4.69) is 12.2 Å². The summed E-state index contributed by atoms with van der Waals surface area (Å²) < 4.78 is 13.0. The van der Waals surface area contributed by atoms with E-state index in [1.165, 1.54) is 6.07 Å². The minimum absolute atomic E-state index is 0.161. The summed E-state index contributed by atoms with van der Waals surface area (Å²) in [5, 5.41) is 12.2. The summed E-state index contributed by atoms with van der Waals surface area (Å²) in [5.74, 6) is -0.161. The first-order valence-electron chi connectivity index (χ1n) is 5.76. The lowest BCUT2D eigenvalue weighted by atomic mass is 10.1. The molecule has 1 aromatic rings. The van der Waals surface area contributed by atoms with Gasteiger partial charge in [-0.05, 0) is 37.0 Å². The zero-order valence-electron chi connectivity index (χ0n) is 9.96. The van der Waals surface area contributed by atoms with Crippen LogP contribution in [0.15, 0.2) is 18.2 Å². The van der Waals surface area contributed by atoms with E-state index < -0.39 is 0 Å². The molecule has 0 heterocycles. The van der Waals surface area contributed by atoms with Gasteiger partial charge in [0.05, 0.1) is 0 Å². The predicted octanol–water partition coefficient (Wildman–Crippen LogP) is 2.38. The molecule has 0 saturated heterocycles. The third-order valence-corrected chi connectivity index (χ3v) is 2.79. The molecule has 1 rings (SSSR count). The number of hydrogen-bond acceptors (Lipinski definition) is 2. The topological polar surface area (TPSA) is 32.3 Å². The van der Waals surface area contributed by atoms with E-state index in [1.54, 1.807) is 13.0 Å². The van der Waals surface area contributed by atoms with Crippen LogP contribution in [0.4, 0.5) is 4.39 Å². The molecule has 2 N–H and O–H groups in total. The average molecular weight is 225 g/mol. The molecule has 16 heavy (non-hydrogen) atoms. The van der Waals surface area contributed by atoms with Crippen molar-refractivity contribution in [1.29, 1.82) is 0 Å². The molecular formula is C13H20FNO. The predicted molar refractivity (Wildman–Crippen MR) is 63.8 cm³/mol. The van der Waals surface area contributed by atoms with Crippen molar-refractivity contribution >= 4 is 0 Å². The van der Waals surface area contributed by atoms with Crippen LogP contribution in [-0.2, 0) is 6.54 Å². The van der Waals surface area contributed by atoms with E-state index in [0.717, 1.165) is 24.9 Å². The Morgan fingerprint density at radius 3 is 2.75 bits per heavy atom. The van der Waals surface area contributed by atoms with Gasteiger partial charge in [0.2, 0.25) is 0 Å². The maximum absolute atomic E-state index is 13.0. The zero-order valence-corrected chi connectivity index (χ0v) is 9.96. The molecule has 0 aliphatic heterocycles. The summed E-state index contributed by atoms with van der Waals surface area (Å²) in [6, 6.07) is 5.48. The lowest BCUT2D eigenvalue weighted by Gasteiger charge is -2.15. The summed E-state index contributed by atoms with van der Waals surface area (Å²) >= 11 is 0. The average Bonchev–Trinajstić information content (AvgIpc) is 2.28. The van der Waals surface area contributed by atoms with Gasteiger partial charge >= 0.3 is 0 Å². The molecule has 0 aromatic heterocycles. The Kier molecular flexibility index (Phi) is 5.43. The van der Waals surface area contributed by atoms with Crippen molar-refractivity contribution in [3.05, 3.63) is 35.1 Å². The summed E-state index contributed by atoms with van der Waals surface area (Å²) in [6.45, 7) is 4.78. The Morgan fingerprint density at radius 1 is 1.44 bits per heavy atom. The van der Waals surface area contributed by atoms with Crippen LogP contribution < -0.4 is 5.32 Å². The molecule has 0 saturated carbocycles. The highest BCUT2D eigenvalue weighted by Gasteiger charge is 2.05. The molecule has 0 bridgehead atoms. The summed E-state index contributed by atoms with van der Waals surface area (Å²) in [6.07, 6.45) is 1.75. The largest absolute Gasteiger partial charge is 0.396 e. The lowest BCUT2D eigenvalue weighted by Crippen LogP contribution is -2.28. The molecule has 0 spiro atoms. The van der Waals surface area contributed by atoms with E-state index in [-0.39, 0.29) is 12.4 Å². The second-order valence-corrected chi connectivity index (χ2v) is 4.08. The molecule has 0 fully saturated rings. The van der Waals surface area contributed by atoms with Gasteiger partial charge in [-0.3, -0.25) is 0 Å². The fourth-order valence-electron chi connectivity index (χ4n) is 1.69. The van der Waals surface area contributed by atoms with Crippen molar-refractivity contribution in [3.63, 3.8) is 0 Å². The van der Waals surface area contributed by atoms with E-state index >= 15 is 0 Å². The first kappa shape index (κ1) is 13.1. The lowest BCUT2D eigenvalue weighted by molar-refractivity contribution is 0.262. The molecule has 0 amide bonds. The number of rotatable bonds is 6. The molecule has 2 nitrogen and oxygen atoms in total. The first-order chi connectivity index (χ1) is 7.67. The second-order valence-electron chi connectivity index (χ2n) is 4.08. The van der Waals surface area contributed by atoms with Gasteiger partial charge in [0.15, 0.2) is 0 Å². The summed E-state index contributed by atoms with van der Waals surface area (Å²) in [4.78, 5) is 0. The van der Waals surface area contributed by atoms with Crippen LogP contribution in [0.3, 0.4) is 0 Å². The summed E-state index contributed by atoms with van der Waals surface area (Å²) in [5.41, 5.74) is 1.75. The van der Waals surface area contributed by atoms with Gasteiger partial charge in [-0.15, -0.1) is 0 Å². The van der Waals surface area contributed by atoms with Crippen molar-refractivity contribution in [3.8, 4) is 0 Å². The maximum Gasteiger partial charge on any atom is 0.126 e. The highest BCUT2D eigenvalue weighted by Crippen LogP contribution is 2.09. The molecule has 1 atom stereocenters. The van der Waals surface area contributed by atoms with E-state index in [1.807, 2.05) is 6.07 Å². The fourth-order valence-corrected chi connectivity index (χ4v) is 1.69. The number of hydrogen-bond donors (Lipinski definition) is 2. The van der Waals surface area contributed by atoms with E-state index in [0.29, 0.717) is 11.6 Å². The number of benzene rings is 1. The van der Waals surface area contributed by atoms with Crippen molar-refractivity contribution in [2.75, 3.05) is 6.61 Å². The monoisotopic (exact) mass is 225 g/mol. The minimum atomic E-state index is -0.161. The van der Waals surface area contributed by atoms with Gasteiger partial charge in [-0.2, -0.15) is 0 Å². The van der Waals surface area contributed by atoms with Crippen LogP contribution in [0.1, 0.15) is 30.9 Å². The summed E-state index contributed by atoms with van der Waals surface area (Å²) in [7, 11) is 0. The van der Waals surface area contributed by atoms with Crippen LogP contribution in [0.2, 0.25) is 0 Å². The van der Waals surface area contributed by atoms with Gasteiger partial charge in [-0.25, -0.2) is 4.39 Å². The Balaban J connectivity index is 2.50. The van der Waals surface area contributed by atoms with Crippen LogP contribution >= 0.6 is 0 Å². The van der Waals surface area contributed by atoms with Gasteiger partial charge in [0, 0.05) is 19.2 Å². The zero-order chi connectivity index (χ0) is 12.0. The fraction of sp³-hybridized carbons (Fsp3) is 0.538. The van der Waals surface area contributed by atoms with Crippen LogP contribution in [0, 0.1) is 12.7 Å². The van der Waals surface area contributed by atoms with Gasteiger partial charge < -0.3 is 10.4 Å². The molecule has 0 aliphatic rings. The Labute approximate surface area is 96.5 Å². The first-order valence-corrected chi connectivity index (χ1v) is 5.76. The third-order valence-electron chi connectivity index (χ3n) is 2.79. The number of aliphatic hydroxyl groups is 1. The number of aliphatic hydroxyl groups excluding tert-OH is 1. The van der Waals surface area contributed by atoms with Gasteiger partial charge in [-0.1, -0.05) is 19.1 Å². The van der Waals surface area contributed by atoms with Gasteiger partial charge in [0.1, 0.15) is 5.82 Å². The third kappa shape index (κ3) is 3.91. The molecule has 1 unspecified atom stereocenters. The normalized spacial score (nSPS) is 12.8. The molecular weight excluding hydrogens is 205 g/mol. The quantitative estimate of drug-likeness (QED) is 0.779. The van der Waals surface area contributed by atoms with Crippen LogP contribution in [0.5, 0.6) is 0 Å². The molecule has 1 aromatic carbocycles. The second kappa shape index (κ2) is 6.61.